The van der Waals surface area contributed by atoms with Crippen molar-refractivity contribution in [2.45, 2.75) is 6.42 Å². The summed E-state index contributed by atoms with van der Waals surface area (Å²) in [4.78, 5) is 22.0. The molecule has 1 atom stereocenters. The van der Waals surface area contributed by atoms with Crippen molar-refractivity contribution in [1.82, 2.24) is 0 Å². The Morgan fingerprint density at radius 2 is 2.33 bits per heavy atom. The van der Waals surface area contributed by atoms with Crippen LogP contribution in [0.5, 0.6) is 5.75 Å². The van der Waals surface area contributed by atoms with Crippen LogP contribution < -0.4 is 5.32 Å². The lowest BCUT2D eigenvalue weighted by Gasteiger charge is -2.10. The van der Waals surface area contributed by atoms with Crippen molar-refractivity contribution >= 4 is 17.3 Å². The summed E-state index contributed by atoms with van der Waals surface area (Å²) in [6.07, 6.45) is 0.577. The van der Waals surface area contributed by atoms with Crippen LogP contribution in [0, 0.1) is 16.0 Å². The SMILES string of the molecule is O=C(Nc1c(O)cccc1[N+](=O)[O-])C1CCOC1. The van der Waals surface area contributed by atoms with Crippen molar-refractivity contribution in [3.05, 3.63) is 28.3 Å². The first-order valence-corrected chi connectivity index (χ1v) is 5.44. The van der Waals surface area contributed by atoms with E-state index in [1.165, 1.54) is 18.2 Å². The number of nitro groups is 1. The molecule has 2 N–H and O–H groups in total. The Morgan fingerprint density at radius 3 is 2.94 bits per heavy atom. The molecule has 1 aliphatic heterocycles. The number of ether oxygens (including phenoxy) is 1. The number of amides is 1. The third kappa shape index (κ3) is 2.40. The van der Waals surface area contributed by atoms with Gasteiger partial charge in [-0.2, -0.15) is 0 Å². The number of carbonyl (C=O) groups is 1. The molecule has 1 amide bonds. The van der Waals surface area contributed by atoms with Crippen LogP contribution in [0.2, 0.25) is 0 Å². The number of benzene rings is 1. The van der Waals surface area contributed by atoms with E-state index in [9.17, 15) is 20.0 Å². The van der Waals surface area contributed by atoms with Gasteiger partial charge in [0.1, 0.15) is 5.75 Å². The number of phenols is 1. The summed E-state index contributed by atoms with van der Waals surface area (Å²) < 4.78 is 5.07. The van der Waals surface area contributed by atoms with Gasteiger partial charge in [0.25, 0.3) is 5.69 Å². The van der Waals surface area contributed by atoms with Gasteiger partial charge >= 0.3 is 0 Å². The topological polar surface area (TPSA) is 102 Å². The van der Waals surface area contributed by atoms with Gasteiger partial charge < -0.3 is 15.2 Å². The van der Waals surface area contributed by atoms with E-state index >= 15 is 0 Å². The normalized spacial score (nSPS) is 18.6. The van der Waals surface area contributed by atoms with E-state index in [1.807, 2.05) is 0 Å². The van der Waals surface area contributed by atoms with Crippen molar-refractivity contribution < 1.29 is 19.6 Å². The summed E-state index contributed by atoms with van der Waals surface area (Å²) in [6.45, 7) is 0.800. The maximum absolute atomic E-state index is 11.8. The monoisotopic (exact) mass is 252 g/mol. The summed E-state index contributed by atoms with van der Waals surface area (Å²) in [5.41, 5.74) is -0.498. The average Bonchev–Trinajstić information content (AvgIpc) is 2.85. The zero-order valence-corrected chi connectivity index (χ0v) is 9.46. The number of para-hydroxylation sites is 1. The smallest absolute Gasteiger partial charge is 0.296 e. The second-order valence-corrected chi connectivity index (χ2v) is 3.98. The molecule has 18 heavy (non-hydrogen) atoms. The number of aromatic hydroxyl groups is 1. The zero-order chi connectivity index (χ0) is 13.1. The van der Waals surface area contributed by atoms with Crippen LogP contribution in [-0.4, -0.2) is 29.2 Å². The molecule has 1 aromatic rings. The molecule has 0 radical (unpaired) electrons. The summed E-state index contributed by atoms with van der Waals surface area (Å²) in [5.74, 6) is -1.03. The van der Waals surface area contributed by atoms with E-state index in [0.29, 0.717) is 19.6 Å². The van der Waals surface area contributed by atoms with E-state index in [4.69, 9.17) is 4.74 Å². The van der Waals surface area contributed by atoms with Gasteiger partial charge in [-0.15, -0.1) is 0 Å². The van der Waals surface area contributed by atoms with Crippen LogP contribution in [0.1, 0.15) is 6.42 Å². The van der Waals surface area contributed by atoms with Crippen molar-refractivity contribution in [1.29, 1.82) is 0 Å². The van der Waals surface area contributed by atoms with Crippen molar-refractivity contribution in [2.24, 2.45) is 5.92 Å². The zero-order valence-electron chi connectivity index (χ0n) is 9.46. The summed E-state index contributed by atoms with van der Waals surface area (Å²) >= 11 is 0. The number of nitrogens with zero attached hydrogens (tertiary/aromatic N) is 1. The van der Waals surface area contributed by atoms with Crippen molar-refractivity contribution in [3.63, 3.8) is 0 Å². The molecule has 1 unspecified atom stereocenters. The third-order valence-corrected chi connectivity index (χ3v) is 2.77. The molecule has 1 fully saturated rings. The lowest BCUT2D eigenvalue weighted by molar-refractivity contribution is -0.384. The molecule has 7 heteroatoms. The lowest BCUT2D eigenvalue weighted by Crippen LogP contribution is -2.23. The molecule has 0 aliphatic carbocycles. The molecular formula is C11H12N2O5. The number of rotatable bonds is 3. The van der Waals surface area contributed by atoms with E-state index in [-0.39, 0.29) is 28.9 Å². The van der Waals surface area contributed by atoms with E-state index in [2.05, 4.69) is 5.32 Å². The second-order valence-electron chi connectivity index (χ2n) is 3.98. The van der Waals surface area contributed by atoms with Crippen LogP contribution >= 0.6 is 0 Å². The third-order valence-electron chi connectivity index (χ3n) is 2.77. The minimum absolute atomic E-state index is 0.167. The maximum atomic E-state index is 11.8. The van der Waals surface area contributed by atoms with Crippen LogP contribution in [-0.2, 0) is 9.53 Å². The molecule has 2 rings (SSSR count). The maximum Gasteiger partial charge on any atom is 0.296 e. The summed E-state index contributed by atoms with van der Waals surface area (Å²) in [6, 6.07) is 3.86. The molecule has 1 saturated heterocycles. The highest BCUT2D eigenvalue weighted by atomic mass is 16.6. The second kappa shape index (κ2) is 5.01. The highest BCUT2D eigenvalue weighted by molar-refractivity contribution is 5.96. The lowest BCUT2D eigenvalue weighted by atomic mass is 10.1. The van der Waals surface area contributed by atoms with E-state index in [0.717, 1.165) is 0 Å². The van der Waals surface area contributed by atoms with Crippen LogP contribution in [0.15, 0.2) is 18.2 Å². The van der Waals surface area contributed by atoms with Gasteiger partial charge in [0.15, 0.2) is 5.69 Å². The Balaban J connectivity index is 2.22. The molecule has 0 bridgehead atoms. The first-order valence-electron chi connectivity index (χ1n) is 5.44. The van der Waals surface area contributed by atoms with Crippen molar-refractivity contribution in [3.8, 4) is 5.75 Å². The molecule has 0 spiro atoms. The highest BCUT2D eigenvalue weighted by Gasteiger charge is 2.27. The number of nitro benzene ring substituents is 1. The molecule has 7 nitrogen and oxygen atoms in total. The van der Waals surface area contributed by atoms with Crippen LogP contribution in [0.4, 0.5) is 11.4 Å². The van der Waals surface area contributed by atoms with Crippen LogP contribution in [0.25, 0.3) is 0 Å². The van der Waals surface area contributed by atoms with Gasteiger partial charge in [0.2, 0.25) is 5.91 Å². The van der Waals surface area contributed by atoms with Gasteiger partial charge in [0.05, 0.1) is 17.4 Å². The summed E-state index contributed by atoms with van der Waals surface area (Å²) in [7, 11) is 0. The standard InChI is InChI=1S/C11H12N2O5/c14-9-3-1-2-8(13(16)17)10(9)12-11(15)7-4-5-18-6-7/h1-3,7,14H,4-6H2,(H,12,15). The van der Waals surface area contributed by atoms with Crippen molar-refractivity contribution in [2.75, 3.05) is 18.5 Å². The van der Waals surface area contributed by atoms with Gasteiger partial charge in [-0.25, -0.2) is 0 Å². The minimum atomic E-state index is -0.652. The molecule has 1 aromatic carbocycles. The number of hydrogen-bond donors (Lipinski definition) is 2. The van der Waals surface area contributed by atoms with Gasteiger partial charge in [-0.05, 0) is 12.5 Å². The minimum Gasteiger partial charge on any atom is -0.505 e. The van der Waals surface area contributed by atoms with E-state index < -0.39 is 4.92 Å². The highest BCUT2D eigenvalue weighted by Crippen LogP contribution is 2.33. The largest absolute Gasteiger partial charge is 0.505 e. The van der Waals surface area contributed by atoms with Gasteiger partial charge in [-0.1, -0.05) is 6.07 Å². The molecule has 0 saturated carbocycles. The number of nitrogens with one attached hydrogen (secondary N) is 1. The Hall–Kier alpha value is -2.15. The predicted molar refractivity (Wildman–Crippen MR) is 62.3 cm³/mol. The summed E-state index contributed by atoms with van der Waals surface area (Å²) in [5, 5.41) is 22.8. The Morgan fingerprint density at radius 1 is 1.56 bits per heavy atom. The number of carbonyl (C=O) groups excluding carboxylic acids is 1. The first kappa shape index (κ1) is 12.3. The predicted octanol–water partition coefficient (Wildman–Crippen LogP) is 1.28. The Bertz CT molecular complexity index is 482. The molecule has 0 aromatic heterocycles. The fraction of sp³-hybridized carbons (Fsp3) is 0.364. The van der Waals surface area contributed by atoms with Gasteiger partial charge in [0, 0.05) is 12.7 Å². The fourth-order valence-corrected chi connectivity index (χ4v) is 1.78. The molecule has 1 heterocycles. The molecule has 96 valence electrons. The van der Waals surface area contributed by atoms with Gasteiger partial charge in [-0.3, -0.25) is 14.9 Å². The number of hydrogen-bond acceptors (Lipinski definition) is 5. The van der Waals surface area contributed by atoms with E-state index in [1.54, 1.807) is 0 Å². The number of phenolic OH excluding ortho intramolecular Hbond substituents is 1. The first-order chi connectivity index (χ1) is 8.59. The average molecular weight is 252 g/mol. The van der Waals surface area contributed by atoms with Crippen LogP contribution in [0.3, 0.4) is 0 Å². The quantitative estimate of drug-likeness (QED) is 0.479. The fourth-order valence-electron chi connectivity index (χ4n) is 1.78. The Kier molecular flexibility index (Phi) is 3.42. The Labute approximate surface area is 103 Å². The number of anilines is 1. The molecular weight excluding hydrogens is 240 g/mol. The molecule has 1 aliphatic rings.